The molecule has 0 bridgehead atoms. The fraction of sp³-hybridized carbons (Fsp3) is 0.636. The lowest BCUT2D eigenvalue weighted by Crippen LogP contribution is -2.26. The predicted octanol–water partition coefficient (Wildman–Crippen LogP) is 1.72. The van der Waals surface area contributed by atoms with Crippen LogP contribution in [-0.2, 0) is 13.0 Å². The largest absolute Gasteiger partial charge is 0.312 e. The molecule has 0 amide bonds. The molecule has 0 radical (unpaired) electrons. The van der Waals surface area contributed by atoms with Gasteiger partial charge < -0.3 is 5.32 Å². The fourth-order valence-electron chi connectivity index (χ4n) is 2.13. The van der Waals surface area contributed by atoms with Crippen molar-refractivity contribution in [3.8, 4) is 0 Å². The standard InChI is InChI=1S/C11H15N3S/c1-15-11-13-9-4-5-12-6-8(9)10(14-11)7-2-3-7/h7,12H,2-6H2,1H3. The van der Waals surface area contributed by atoms with Crippen molar-refractivity contribution in [1.82, 2.24) is 15.3 Å². The summed E-state index contributed by atoms with van der Waals surface area (Å²) >= 11 is 1.66. The van der Waals surface area contributed by atoms with Gasteiger partial charge >= 0.3 is 0 Å². The Hall–Kier alpha value is -0.610. The van der Waals surface area contributed by atoms with Gasteiger partial charge in [0.15, 0.2) is 5.16 Å². The molecule has 80 valence electrons. The first-order valence-electron chi connectivity index (χ1n) is 5.53. The van der Waals surface area contributed by atoms with Crippen LogP contribution < -0.4 is 5.32 Å². The molecule has 1 aliphatic heterocycles. The molecular formula is C11H15N3S. The number of hydrogen-bond donors (Lipinski definition) is 1. The molecule has 4 heteroatoms. The normalized spacial score (nSPS) is 20.1. The highest BCUT2D eigenvalue weighted by Crippen LogP contribution is 2.41. The van der Waals surface area contributed by atoms with E-state index < -0.39 is 0 Å². The SMILES string of the molecule is CSc1nc2c(c(C3CC3)n1)CNCC2. The van der Waals surface area contributed by atoms with E-state index >= 15 is 0 Å². The van der Waals surface area contributed by atoms with Crippen molar-refractivity contribution in [2.24, 2.45) is 0 Å². The van der Waals surface area contributed by atoms with Gasteiger partial charge in [-0.3, -0.25) is 0 Å². The molecule has 0 aromatic carbocycles. The monoisotopic (exact) mass is 221 g/mol. The first-order chi connectivity index (χ1) is 7.38. The summed E-state index contributed by atoms with van der Waals surface area (Å²) in [5, 5.41) is 4.37. The number of rotatable bonds is 2. The Kier molecular flexibility index (Phi) is 2.41. The Morgan fingerprint density at radius 2 is 2.20 bits per heavy atom. The van der Waals surface area contributed by atoms with Crippen LogP contribution in [0.4, 0.5) is 0 Å². The second kappa shape index (κ2) is 3.76. The van der Waals surface area contributed by atoms with Crippen molar-refractivity contribution >= 4 is 11.8 Å². The maximum absolute atomic E-state index is 4.68. The van der Waals surface area contributed by atoms with Crippen LogP contribution in [0.3, 0.4) is 0 Å². The zero-order chi connectivity index (χ0) is 10.3. The van der Waals surface area contributed by atoms with E-state index in [9.17, 15) is 0 Å². The smallest absolute Gasteiger partial charge is 0.187 e. The molecule has 0 spiro atoms. The van der Waals surface area contributed by atoms with Crippen LogP contribution in [0.15, 0.2) is 5.16 Å². The van der Waals surface area contributed by atoms with E-state index in [4.69, 9.17) is 0 Å². The number of nitrogens with one attached hydrogen (secondary N) is 1. The van der Waals surface area contributed by atoms with Gasteiger partial charge in [-0.1, -0.05) is 11.8 Å². The molecule has 0 unspecified atom stereocenters. The highest BCUT2D eigenvalue weighted by molar-refractivity contribution is 7.98. The fourth-order valence-corrected chi connectivity index (χ4v) is 2.52. The Balaban J connectivity index is 2.09. The van der Waals surface area contributed by atoms with E-state index in [-0.39, 0.29) is 0 Å². The minimum Gasteiger partial charge on any atom is -0.312 e. The van der Waals surface area contributed by atoms with E-state index in [1.165, 1.54) is 29.8 Å². The number of thioether (sulfide) groups is 1. The quantitative estimate of drug-likeness (QED) is 0.609. The van der Waals surface area contributed by atoms with Crippen molar-refractivity contribution in [2.75, 3.05) is 12.8 Å². The first-order valence-corrected chi connectivity index (χ1v) is 6.75. The maximum Gasteiger partial charge on any atom is 0.187 e. The second-order valence-corrected chi connectivity index (χ2v) is 5.00. The predicted molar refractivity (Wildman–Crippen MR) is 61.2 cm³/mol. The van der Waals surface area contributed by atoms with Crippen LogP contribution in [0.2, 0.25) is 0 Å². The van der Waals surface area contributed by atoms with E-state index in [0.717, 1.165) is 30.6 Å². The van der Waals surface area contributed by atoms with Crippen LogP contribution in [0.1, 0.15) is 35.7 Å². The van der Waals surface area contributed by atoms with Gasteiger partial charge in [0.25, 0.3) is 0 Å². The average Bonchev–Trinajstić information content (AvgIpc) is 3.11. The number of hydrogen-bond acceptors (Lipinski definition) is 4. The highest BCUT2D eigenvalue weighted by Gasteiger charge is 2.30. The molecule has 1 aromatic rings. The van der Waals surface area contributed by atoms with Crippen LogP contribution >= 0.6 is 11.8 Å². The number of fused-ring (bicyclic) bond motifs is 1. The molecule has 3 rings (SSSR count). The molecule has 2 heterocycles. The molecule has 1 aliphatic carbocycles. The first kappa shape index (κ1) is 9.60. The summed E-state index contributed by atoms with van der Waals surface area (Å²) in [4.78, 5) is 9.29. The summed E-state index contributed by atoms with van der Waals surface area (Å²) in [6.07, 6.45) is 5.75. The summed E-state index contributed by atoms with van der Waals surface area (Å²) < 4.78 is 0. The van der Waals surface area contributed by atoms with Gasteiger partial charge in [0.05, 0.1) is 11.4 Å². The zero-order valence-electron chi connectivity index (χ0n) is 8.92. The third kappa shape index (κ3) is 1.76. The summed E-state index contributed by atoms with van der Waals surface area (Å²) in [6, 6.07) is 0. The highest BCUT2D eigenvalue weighted by atomic mass is 32.2. The number of nitrogens with zero attached hydrogens (tertiary/aromatic N) is 2. The molecule has 0 atom stereocenters. The van der Waals surface area contributed by atoms with Gasteiger partial charge in [-0.2, -0.15) is 0 Å². The number of aromatic nitrogens is 2. The van der Waals surface area contributed by atoms with Crippen LogP contribution in [0.25, 0.3) is 0 Å². The zero-order valence-corrected chi connectivity index (χ0v) is 9.73. The van der Waals surface area contributed by atoms with Crippen molar-refractivity contribution in [1.29, 1.82) is 0 Å². The topological polar surface area (TPSA) is 37.8 Å². The van der Waals surface area contributed by atoms with E-state index in [0.29, 0.717) is 0 Å². The molecule has 1 fully saturated rings. The summed E-state index contributed by atoms with van der Waals surface area (Å²) in [6.45, 7) is 2.03. The van der Waals surface area contributed by atoms with Crippen LogP contribution in [0, 0.1) is 0 Å². The van der Waals surface area contributed by atoms with Gasteiger partial charge in [0.1, 0.15) is 0 Å². The van der Waals surface area contributed by atoms with Crippen molar-refractivity contribution in [3.63, 3.8) is 0 Å². The molecule has 3 nitrogen and oxygen atoms in total. The van der Waals surface area contributed by atoms with Gasteiger partial charge in [0.2, 0.25) is 0 Å². The Bertz CT molecular complexity index is 388. The van der Waals surface area contributed by atoms with Gasteiger partial charge in [-0.15, -0.1) is 0 Å². The second-order valence-electron chi connectivity index (χ2n) is 4.22. The minimum atomic E-state index is 0.729. The van der Waals surface area contributed by atoms with Crippen LogP contribution in [-0.4, -0.2) is 22.8 Å². The summed E-state index contributed by atoms with van der Waals surface area (Å²) in [5.74, 6) is 0.729. The van der Waals surface area contributed by atoms with E-state index in [1.54, 1.807) is 11.8 Å². The van der Waals surface area contributed by atoms with Gasteiger partial charge in [-0.05, 0) is 19.1 Å². The molecule has 2 aliphatic rings. The average molecular weight is 221 g/mol. The Morgan fingerprint density at radius 3 is 2.93 bits per heavy atom. The van der Waals surface area contributed by atoms with Crippen LogP contribution in [0.5, 0.6) is 0 Å². The van der Waals surface area contributed by atoms with E-state index in [1.807, 2.05) is 0 Å². The lowest BCUT2D eigenvalue weighted by atomic mass is 10.0. The van der Waals surface area contributed by atoms with Gasteiger partial charge in [0, 0.05) is 31.0 Å². The Morgan fingerprint density at radius 1 is 1.33 bits per heavy atom. The minimum absolute atomic E-state index is 0.729. The third-order valence-corrected chi connectivity index (χ3v) is 3.64. The summed E-state index contributed by atoms with van der Waals surface area (Å²) in [7, 11) is 0. The molecule has 0 saturated heterocycles. The maximum atomic E-state index is 4.68. The van der Waals surface area contributed by atoms with Gasteiger partial charge in [-0.25, -0.2) is 9.97 Å². The molecule has 1 saturated carbocycles. The molecule has 15 heavy (non-hydrogen) atoms. The van der Waals surface area contributed by atoms with Crippen molar-refractivity contribution < 1.29 is 0 Å². The molecule has 1 aromatic heterocycles. The Labute approximate surface area is 94.1 Å². The molecule has 1 N–H and O–H groups in total. The summed E-state index contributed by atoms with van der Waals surface area (Å²) in [5.41, 5.74) is 4.01. The van der Waals surface area contributed by atoms with E-state index in [2.05, 4.69) is 21.5 Å². The van der Waals surface area contributed by atoms with Crippen molar-refractivity contribution in [3.05, 3.63) is 17.0 Å². The molecular weight excluding hydrogens is 206 g/mol. The van der Waals surface area contributed by atoms with Crippen molar-refractivity contribution in [2.45, 2.75) is 36.9 Å². The lowest BCUT2D eigenvalue weighted by Gasteiger charge is -2.19. The lowest BCUT2D eigenvalue weighted by molar-refractivity contribution is 0.605. The third-order valence-electron chi connectivity index (χ3n) is 3.09.